The minimum Gasteiger partial charge on any atom is -0.489 e. The molecular formula is C40H50F11NO3S. The number of nitrogens with zero attached hydrogens (tertiary/aromatic N) is 1. The van der Waals surface area contributed by atoms with Crippen LogP contribution in [0.3, 0.4) is 0 Å². The summed E-state index contributed by atoms with van der Waals surface area (Å²) in [7, 11) is 1.85. The fourth-order valence-corrected chi connectivity index (χ4v) is 9.59. The van der Waals surface area contributed by atoms with E-state index in [4.69, 9.17) is 9.47 Å². The number of hydrogen-bond acceptors (Lipinski definition) is 5. The molecule has 0 radical (unpaired) electrons. The molecule has 56 heavy (non-hydrogen) atoms. The first-order valence-corrected chi connectivity index (χ1v) is 19.8. The Kier molecular flexibility index (Phi) is 14.3. The second-order valence-corrected chi connectivity index (χ2v) is 16.3. The Morgan fingerprint density at radius 1 is 0.804 bits per heavy atom. The molecule has 0 heterocycles. The second kappa shape index (κ2) is 17.9. The van der Waals surface area contributed by atoms with Crippen LogP contribution in [0.2, 0.25) is 0 Å². The lowest BCUT2D eigenvalue weighted by Gasteiger charge is -2.50. The van der Waals surface area contributed by atoms with Crippen LogP contribution in [0.1, 0.15) is 99.3 Å². The molecule has 2 saturated carbocycles. The lowest BCUT2D eigenvalue weighted by atomic mass is 9.55. The third-order valence-electron chi connectivity index (χ3n) is 12.2. The molecule has 2 fully saturated rings. The Labute approximate surface area is 326 Å². The maximum absolute atomic E-state index is 15.0. The molecule has 0 amide bonds. The molecule has 0 bridgehead atoms. The van der Waals surface area contributed by atoms with Gasteiger partial charge >= 0.3 is 24.1 Å². The summed E-state index contributed by atoms with van der Waals surface area (Å²) in [6.45, 7) is 1.16. The van der Waals surface area contributed by atoms with Crippen LogP contribution in [0.15, 0.2) is 30.3 Å². The molecule has 0 spiro atoms. The maximum atomic E-state index is 15.0. The molecular weight excluding hydrogens is 783 g/mol. The van der Waals surface area contributed by atoms with Gasteiger partial charge in [0.1, 0.15) is 24.0 Å². The van der Waals surface area contributed by atoms with Gasteiger partial charge in [-0.1, -0.05) is 25.8 Å². The van der Waals surface area contributed by atoms with Crippen molar-refractivity contribution < 1.29 is 62.5 Å². The molecule has 3 aliphatic rings. The first-order chi connectivity index (χ1) is 26.2. The molecule has 316 valence electrons. The van der Waals surface area contributed by atoms with Crippen molar-refractivity contribution in [3.8, 4) is 5.75 Å². The molecule has 0 N–H and O–H groups in total. The van der Waals surface area contributed by atoms with Gasteiger partial charge in [0.05, 0.1) is 12.7 Å². The predicted molar refractivity (Wildman–Crippen MR) is 192 cm³/mol. The fourth-order valence-electron chi connectivity index (χ4n) is 9.36. The smallest absolute Gasteiger partial charge is 0.435 e. The van der Waals surface area contributed by atoms with Gasteiger partial charge in [-0.3, -0.25) is 0 Å². The summed E-state index contributed by atoms with van der Waals surface area (Å²) in [6, 6.07) is 8.49. The van der Waals surface area contributed by atoms with Crippen molar-refractivity contribution in [1.29, 1.82) is 0 Å². The Morgan fingerprint density at radius 2 is 1.46 bits per heavy atom. The van der Waals surface area contributed by atoms with Crippen LogP contribution in [-0.4, -0.2) is 67.7 Å². The molecule has 0 saturated heterocycles. The van der Waals surface area contributed by atoms with Crippen LogP contribution in [0.5, 0.6) is 5.75 Å². The molecule has 3 unspecified atom stereocenters. The van der Waals surface area contributed by atoms with Gasteiger partial charge in [0.15, 0.2) is 0 Å². The van der Waals surface area contributed by atoms with E-state index in [1.54, 1.807) is 0 Å². The number of unbranched alkanes of at least 4 members (excludes halogenated alkanes) is 3. The number of thiol groups is 1. The average molecular weight is 834 g/mol. The molecule has 0 aromatic heterocycles. The maximum Gasteiger partial charge on any atom is 0.435 e. The standard InChI is InChI=1S/C40H50F11NO3S/c1-36-15-14-29-28-11-9-27(54-24-25-20-33(41)31(34(42)21-25)23-52(2)16-5-3-4-6-19-56)22-26(28)8-10-30(29)32(36)12-13-35(36)53-17-7-18-55-37(38(43,44)45,39(46,47)48)40(49,50)51/h9,11,20-22,29-30,32,35,56H,3-8,10,12-19,23-24H2,1-2H3/t29?,30?,32?,35-,36-/m0/s1. The number of benzene rings is 2. The van der Waals surface area contributed by atoms with Crippen LogP contribution < -0.4 is 4.74 Å². The Balaban J connectivity index is 1.13. The van der Waals surface area contributed by atoms with Gasteiger partial charge in [-0.25, -0.2) is 8.78 Å². The van der Waals surface area contributed by atoms with Crippen molar-refractivity contribution in [2.75, 3.05) is 32.6 Å². The summed E-state index contributed by atoms with van der Waals surface area (Å²) in [5.41, 5.74) is -3.87. The number of hydrogen-bond donors (Lipinski definition) is 1. The van der Waals surface area contributed by atoms with Crippen molar-refractivity contribution in [2.45, 2.75) is 127 Å². The van der Waals surface area contributed by atoms with Crippen LogP contribution in [-0.2, 0) is 29.0 Å². The number of fused-ring (bicyclic) bond motifs is 5. The molecule has 4 nitrogen and oxygen atoms in total. The zero-order valence-electron chi connectivity index (χ0n) is 31.5. The summed E-state index contributed by atoms with van der Waals surface area (Å²) < 4.78 is 164. The van der Waals surface area contributed by atoms with E-state index in [0.29, 0.717) is 23.7 Å². The van der Waals surface area contributed by atoms with E-state index >= 15 is 8.78 Å². The quantitative estimate of drug-likeness (QED) is 0.0977. The molecule has 5 atom stereocenters. The highest BCUT2D eigenvalue weighted by Crippen LogP contribution is 2.62. The van der Waals surface area contributed by atoms with Crippen LogP contribution >= 0.6 is 12.6 Å². The molecule has 0 aliphatic heterocycles. The van der Waals surface area contributed by atoms with E-state index in [1.165, 1.54) is 17.7 Å². The second-order valence-electron chi connectivity index (χ2n) is 15.8. The zero-order chi connectivity index (χ0) is 41.1. The first kappa shape index (κ1) is 44.8. The predicted octanol–water partition coefficient (Wildman–Crippen LogP) is 11.5. The molecule has 2 aromatic rings. The van der Waals surface area contributed by atoms with Crippen LogP contribution in [0.25, 0.3) is 0 Å². The Bertz CT molecular complexity index is 1560. The van der Waals surface area contributed by atoms with Crippen molar-refractivity contribution in [2.24, 2.45) is 17.3 Å². The SMILES string of the molecule is CN(CCCCCCS)Cc1c(F)cc(COc2ccc3c(c2)CCC2C3CC[C@@]3(C)C2CC[C@@H]3OCCCOC(C(F)(F)F)(C(F)(F)F)C(F)(F)F)cc1F. The minimum atomic E-state index is -6.76. The topological polar surface area (TPSA) is 30.9 Å². The summed E-state index contributed by atoms with van der Waals surface area (Å²) in [5.74, 6) is 0.993. The largest absolute Gasteiger partial charge is 0.489 e. The van der Waals surface area contributed by atoms with E-state index in [9.17, 15) is 39.5 Å². The first-order valence-electron chi connectivity index (χ1n) is 19.2. The normalized spacial score (nSPS) is 24.3. The van der Waals surface area contributed by atoms with Gasteiger partial charge in [0, 0.05) is 18.7 Å². The zero-order valence-corrected chi connectivity index (χ0v) is 32.4. The van der Waals surface area contributed by atoms with Gasteiger partial charge in [0.25, 0.3) is 0 Å². The highest BCUT2D eigenvalue weighted by molar-refractivity contribution is 7.80. The van der Waals surface area contributed by atoms with Crippen LogP contribution in [0, 0.1) is 28.9 Å². The van der Waals surface area contributed by atoms with E-state index < -0.39 is 48.8 Å². The fraction of sp³-hybridized carbons (Fsp3) is 0.700. The van der Waals surface area contributed by atoms with Crippen molar-refractivity contribution >= 4 is 12.6 Å². The summed E-state index contributed by atoms with van der Waals surface area (Å²) in [5, 5.41) is 0. The molecule has 5 rings (SSSR count). The number of ether oxygens (including phenoxy) is 3. The van der Waals surface area contributed by atoms with Gasteiger partial charge in [-0.2, -0.15) is 52.1 Å². The van der Waals surface area contributed by atoms with Crippen molar-refractivity contribution in [3.05, 3.63) is 64.2 Å². The summed E-state index contributed by atoms with van der Waals surface area (Å²) >= 11 is 4.21. The number of rotatable bonds is 17. The monoisotopic (exact) mass is 833 g/mol. The third-order valence-corrected chi connectivity index (χ3v) is 12.5. The highest BCUT2D eigenvalue weighted by Gasteiger charge is 2.85. The number of halogens is 11. The van der Waals surface area contributed by atoms with Gasteiger partial charge in [-0.15, -0.1) is 0 Å². The lowest BCUT2D eigenvalue weighted by Crippen LogP contribution is -2.67. The summed E-state index contributed by atoms with van der Waals surface area (Å²) in [6.07, 6.45) is -12.5. The van der Waals surface area contributed by atoms with Gasteiger partial charge in [-0.05, 0) is 141 Å². The van der Waals surface area contributed by atoms with Crippen molar-refractivity contribution in [1.82, 2.24) is 4.90 Å². The average Bonchev–Trinajstić information content (AvgIpc) is 3.44. The highest BCUT2D eigenvalue weighted by atomic mass is 32.1. The minimum absolute atomic E-state index is 0.0122. The molecule has 2 aromatic carbocycles. The van der Waals surface area contributed by atoms with E-state index in [1.807, 2.05) is 30.1 Å². The number of aryl methyl sites for hydroxylation is 1. The van der Waals surface area contributed by atoms with E-state index in [-0.39, 0.29) is 48.7 Å². The Morgan fingerprint density at radius 3 is 2.11 bits per heavy atom. The van der Waals surface area contributed by atoms with E-state index in [2.05, 4.69) is 24.3 Å². The van der Waals surface area contributed by atoms with E-state index in [0.717, 1.165) is 75.6 Å². The lowest BCUT2D eigenvalue weighted by molar-refractivity contribution is -0.457. The van der Waals surface area contributed by atoms with Gasteiger partial charge in [0.2, 0.25) is 0 Å². The Hall–Kier alpha value is -2.30. The van der Waals surface area contributed by atoms with Gasteiger partial charge < -0.3 is 19.1 Å². The van der Waals surface area contributed by atoms with Crippen molar-refractivity contribution in [3.63, 3.8) is 0 Å². The third kappa shape index (κ3) is 9.43. The molecule has 16 heteroatoms. The van der Waals surface area contributed by atoms with Crippen LogP contribution in [0.4, 0.5) is 48.3 Å². The number of alkyl halides is 9. The summed E-state index contributed by atoms with van der Waals surface area (Å²) in [4.78, 5) is 1.91. The molecule has 3 aliphatic carbocycles.